The van der Waals surface area contributed by atoms with Gasteiger partial charge in [-0.2, -0.15) is 5.26 Å². The SMILES string of the molecule is N#C/C(=C/c1ccc(OC(=O)/C=C/c2ccc([N+](=O)[O-])cc2)cc1)c1cccc(Cl)c1. The largest absolute Gasteiger partial charge is 0.423 e. The van der Waals surface area contributed by atoms with Crippen molar-refractivity contribution in [1.29, 1.82) is 5.26 Å². The van der Waals surface area contributed by atoms with E-state index in [0.717, 1.165) is 5.56 Å². The standard InChI is InChI=1S/C24H15ClN2O4/c25-21-3-1-2-19(15-21)20(16-26)14-18-6-11-23(12-7-18)31-24(28)13-8-17-4-9-22(10-5-17)27(29)30/h1-15H/b13-8+,20-14-. The van der Waals surface area contributed by atoms with E-state index in [0.29, 0.717) is 27.5 Å². The van der Waals surface area contributed by atoms with Gasteiger partial charge in [-0.05, 0) is 65.2 Å². The zero-order valence-electron chi connectivity index (χ0n) is 16.1. The highest BCUT2D eigenvalue weighted by molar-refractivity contribution is 6.30. The van der Waals surface area contributed by atoms with Crippen molar-refractivity contribution in [2.24, 2.45) is 0 Å². The van der Waals surface area contributed by atoms with Gasteiger partial charge >= 0.3 is 5.97 Å². The molecule has 0 aliphatic heterocycles. The van der Waals surface area contributed by atoms with Crippen LogP contribution in [0.3, 0.4) is 0 Å². The van der Waals surface area contributed by atoms with Crippen molar-refractivity contribution in [3.8, 4) is 11.8 Å². The van der Waals surface area contributed by atoms with Gasteiger partial charge in [0.25, 0.3) is 5.69 Å². The molecule has 3 aromatic carbocycles. The second kappa shape index (κ2) is 10.0. The fourth-order valence-electron chi connectivity index (χ4n) is 2.66. The molecule has 0 saturated heterocycles. The van der Waals surface area contributed by atoms with E-state index in [9.17, 15) is 20.2 Å². The van der Waals surface area contributed by atoms with Gasteiger partial charge in [0.15, 0.2) is 0 Å². The summed E-state index contributed by atoms with van der Waals surface area (Å²) in [5.74, 6) is -0.241. The summed E-state index contributed by atoms with van der Waals surface area (Å²) in [6, 6.07) is 21.7. The Bertz CT molecular complexity index is 1210. The van der Waals surface area contributed by atoms with E-state index in [4.69, 9.17) is 16.3 Å². The number of rotatable bonds is 6. The Labute approximate surface area is 183 Å². The molecule has 7 heteroatoms. The Kier molecular flexibility index (Phi) is 6.94. The van der Waals surface area contributed by atoms with Gasteiger partial charge in [0.2, 0.25) is 0 Å². The highest BCUT2D eigenvalue weighted by Gasteiger charge is 2.05. The van der Waals surface area contributed by atoms with Crippen LogP contribution in [-0.4, -0.2) is 10.9 Å². The Morgan fingerprint density at radius 1 is 1.03 bits per heavy atom. The topological polar surface area (TPSA) is 93.2 Å². The molecular formula is C24H15ClN2O4. The predicted octanol–water partition coefficient (Wildman–Crippen LogP) is 5.93. The van der Waals surface area contributed by atoms with Crippen molar-refractivity contribution in [2.75, 3.05) is 0 Å². The highest BCUT2D eigenvalue weighted by atomic mass is 35.5. The Morgan fingerprint density at radius 3 is 2.32 bits per heavy atom. The zero-order chi connectivity index (χ0) is 22.2. The fourth-order valence-corrected chi connectivity index (χ4v) is 2.85. The summed E-state index contributed by atoms with van der Waals surface area (Å²) in [4.78, 5) is 22.2. The first-order valence-electron chi connectivity index (χ1n) is 9.07. The van der Waals surface area contributed by atoms with Crippen LogP contribution in [0.25, 0.3) is 17.7 Å². The Balaban J connectivity index is 1.65. The maximum atomic E-state index is 12.0. The number of nitrogens with zero attached hydrogens (tertiary/aromatic N) is 2. The normalized spacial score (nSPS) is 11.2. The maximum absolute atomic E-state index is 12.0. The first-order chi connectivity index (χ1) is 14.9. The molecule has 31 heavy (non-hydrogen) atoms. The van der Waals surface area contributed by atoms with Gasteiger partial charge in [-0.25, -0.2) is 4.79 Å². The van der Waals surface area contributed by atoms with E-state index in [1.165, 1.54) is 36.4 Å². The molecule has 0 aromatic heterocycles. The van der Waals surface area contributed by atoms with Crippen molar-refractivity contribution in [3.05, 3.63) is 111 Å². The predicted molar refractivity (Wildman–Crippen MR) is 119 cm³/mol. The van der Waals surface area contributed by atoms with Gasteiger partial charge in [-0.3, -0.25) is 10.1 Å². The van der Waals surface area contributed by atoms with Crippen molar-refractivity contribution in [3.63, 3.8) is 0 Å². The molecular weight excluding hydrogens is 416 g/mol. The number of benzene rings is 3. The summed E-state index contributed by atoms with van der Waals surface area (Å²) in [7, 11) is 0. The first kappa shape index (κ1) is 21.5. The first-order valence-corrected chi connectivity index (χ1v) is 9.44. The van der Waals surface area contributed by atoms with Crippen molar-refractivity contribution in [2.45, 2.75) is 0 Å². The number of halogens is 1. The number of esters is 1. The number of nitriles is 1. The third kappa shape index (κ3) is 6.13. The third-order valence-corrected chi connectivity index (χ3v) is 4.42. The van der Waals surface area contributed by atoms with Crippen molar-refractivity contribution >= 4 is 41.0 Å². The van der Waals surface area contributed by atoms with Crippen LogP contribution in [0.4, 0.5) is 5.69 Å². The quantitative estimate of drug-likeness (QED) is 0.0918. The minimum absolute atomic E-state index is 0.0243. The molecule has 0 aliphatic carbocycles. The average Bonchev–Trinajstić information content (AvgIpc) is 2.77. The summed E-state index contributed by atoms with van der Waals surface area (Å²) in [6.07, 6.45) is 4.46. The van der Waals surface area contributed by atoms with Crippen LogP contribution in [0.2, 0.25) is 5.02 Å². The maximum Gasteiger partial charge on any atom is 0.336 e. The summed E-state index contributed by atoms with van der Waals surface area (Å²) >= 11 is 5.98. The molecule has 6 nitrogen and oxygen atoms in total. The van der Waals surface area contributed by atoms with Crippen molar-refractivity contribution < 1.29 is 14.5 Å². The summed E-state index contributed by atoms with van der Waals surface area (Å²) in [5.41, 5.74) is 2.54. The fraction of sp³-hybridized carbons (Fsp3) is 0. The monoisotopic (exact) mass is 430 g/mol. The average molecular weight is 431 g/mol. The molecule has 3 rings (SSSR count). The van der Waals surface area contributed by atoms with E-state index in [-0.39, 0.29) is 5.69 Å². The lowest BCUT2D eigenvalue weighted by atomic mass is 10.0. The molecule has 3 aromatic rings. The van der Waals surface area contributed by atoms with Crippen LogP contribution < -0.4 is 4.74 Å². The van der Waals surface area contributed by atoms with E-state index in [1.54, 1.807) is 54.6 Å². The van der Waals surface area contributed by atoms with Crippen molar-refractivity contribution in [1.82, 2.24) is 0 Å². The summed E-state index contributed by atoms with van der Waals surface area (Å²) in [6.45, 7) is 0. The number of carbonyl (C=O) groups excluding carboxylic acids is 1. The van der Waals surface area contributed by atoms with Crippen LogP contribution in [-0.2, 0) is 4.79 Å². The lowest BCUT2D eigenvalue weighted by molar-refractivity contribution is -0.384. The number of carbonyl (C=O) groups is 1. The Morgan fingerprint density at radius 2 is 1.71 bits per heavy atom. The number of ether oxygens (including phenoxy) is 1. The summed E-state index contributed by atoms with van der Waals surface area (Å²) < 4.78 is 5.25. The number of nitro groups is 1. The van der Waals surface area contributed by atoms with E-state index in [1.807, 2.05) is 0 Å². The third-order valence-electron chi connectivity index (χ3n) is 4.18. The van der Waals surface area contributed by atoms with Gasteiger partial charge in [0.1, 0.15) is 5.75 Å². The molecule has 152 valence electrons. The molecule has 0 bridgehead atoms. The van der Waals surface area contributed by atoms with Crippen LogP contribution in [0, 0.1) is 21.4 Å². The second-order valence-electron chi connectivity index (χ2n) is 6.35. The van der Waals surface area contributed by atoms with E-state index in [2.05, 4.69) is 6.07 Å². The highest BCUT2D eigenvalue weighted by Crippen LogP contribution is 2.22. The number of hydrogen-bond donors (Lipinski definition) is 0. The molecule has 0 radical (unpaired) electrons. The lowest BCUT2D eigenvalue weighted by Crippen LogP contribution is -2.03. The van der Waals surface area contributed by atoms with Gasteiger partial charge in [-0.1, -0.05) is 35.9 Å². The molecule has 0 atom stereocenters. The summed E-state index contributed by atoms with van der Waals surface area (Å²) in [5, 5.41) is 20.6. The second-order valence-corrected chi connectivity index (χ2v) is 6.79. The van der Waals surface area contributed by atoms with Crippen LogP contribution in [0.1, 0.15) is 16.7 Å². The smallest absolute Gasteiger partial charge is 0.336 e. The van der Waals surface area contributed by atoms with Crippen LogP contribution in [0.5, 0.6) is 5.75 Å². The molecule has 0 spiro atoms. The molecule has 0 amide bonds. The van der Waals surface area contributed by atoms with Crippen LogP contribution >= 0.6 is 11.6 Å². The molecule has 0 unspecified atom stereocenters. The lowest BCUT2D eigenvalue weighted by Gasteiger charge is -2.03. The van der Waals surface area contributed by atoms with Crippen LogP contribution in [0.15, 0.2) is 78.9 Å². The number of hydrogen-bond acceptors (Lipinski definition) is 5. The van der Waals surface area contributed by atoms with E-state index >= 15 is 0 Å². The minimum Gasteiger partial charge on any atom is -0.423 e. The molecule has 0 heterocycles. The number of nitro benzene ring substituents is 1. The van der Waals surface area contributed by atoms with Gasteiger partial charge < -0.3 is 4.74 Å². The zero-order valence-corrected chi connectivity index (χ0v) is 16.8. The minimum atomic E-state index is -0.585. The number of non-ortho nitro benzene ring substituents is 1. The van der Waals surface area contributed by atoms with Gasteiger partial charge in [-0.15, -0.1) is 0 Å². The molecule has 0 fully saturated rings. The number of allylic oxidation sites excluding steroid dienone is 1. The van der Waals surface area contributed by atoms with E-state index < -0.39 is 10.9 Å². The molecule has 0 N–H and O–H groups in total. The van der Waals surface area contributed by atoms with Gasteiger partial charge in [0, 0.05) is 23.2 Å². The molecule has 0 aliphatic rings. The van der Waals surface area contributed by atoms with Gasteiger partial charge in [0.05, 0.1) is 16.6 Å². The Hall–Kier alpha value is -4.21. The molecule has 0 saturated carbocycles.